The van der Waals surface area contributed by atoms with Crippen LogP contribution in [0.5, 0.6) is 11.8 Å². The van der Waals surface area contributed by atoms with Crippen LogP contribution in [0.1, 0.15) is 5.56 Å². The highest BCUT2D eigenvalue weighted by atomic mass is 35.5. The standard InChI is InChI=1S/C14H15ClN4O2/c1-10-4-2-3-5-11(10)21-14-17-12(15)16-13(18-14)19-6-8-20-9-7-19/h2-5H,6-9H2,1H3. The molecule has 2 aromatic rings. The number of para-hydroxylation sites is 1. The number of benzene rings is 1. The first kappa shape index (κ1) is 14.0. The molecule has 6 nitrogen and oxygen atoms in total. The molecule has 110 valence electrons. The van der Waals surface area contributed by atoms with E-state index in [0.717, 1.165) is 18.7 Å². The topological polar surface area (TPSA) is 60.4 Å². The van der Waals surface area contributed by atoms with Gasteiger partial charge in [0, 0.05) is 13.1 Å². The molecule has 0 amide bonds. The Hall–Kier alpha value is -1.92. The minimum atomic E-state index is 0.120. The van der Waals surface area contributed by atoms with Crippen molar-refractivity contribution < 1.29 is 9.47 Å². The Morgan fingerprint density at radius 3 is 2.67 bits per heavy atom. The van der Waals surface area contributed by atoms with Gasteiger partial charge < -0.3 is 14.4 Å². The van der Waals surface area contributed by atoms with Gasteiger partial charge in [0.05, 0.1) is 13.2 Å². The lowest BCUT2D eigenvalue weighted by atomic mass is 10.2. The summed E-state index contributed by atoms with van der Waals surface area (Å²) in [6.45, 7) is 4.71. The van der Waals surface area contributed by atoms with E-state index in [4.69, 9.17) is 21.1 Å². The van der Waals surface area contributed by atoms with Gasteiger partial charge in [-0.25, -0.2) is 0 Å². The number of aryl methyl sites for hydroxylation is 1. The molecule has 0 atom stereocenters. The number of halogens is 1. The molecule has 1 aromatic carbocycles. The Kier molecular flexibility index (Phi) is 4.17. The quantitative estimate of drug-likeness (QED) is 0.868. The lowest BCUT2D eigenvalue weighted by Gasteiger charge is -2.26. The van der Waals surface area contributed by atoms with Gasteiger partial charge in [-0.2, -0.15) is 15.0 Å². The minimum Gasteiger partial charge on any atom is -0.424 e. The molecule has 1 aliphatic heterocycles. The van der Waals surface area contributed by atoms with Gasteiger partial charge in [0.25, 0.3) is 0 Å². The number of aromatic nitrogens is 3. The first-order chi connectivity index (χ1) is 10.2. The summed E-state index contributed by atoms with van der Waals surface area (Å²) in [6, 6.07) is 7.86. The van der Waals surface area contributed by atoms with Gasteiger partial charge in [-0.1, -0.05) is 18.2 Å². The van der Waals surface area contributed by atoms with Crippen LogP contribution in [0.4, 0.5) is 5.95 Å². The predicted octanol–water partition coefficient (Wildman–Crippen LogP) is 2.46. The second kappa shape index (κ2) is 6.24. The number of rotatable bonds is 3. The molecule has 1 aromatic heterocycles. The summed E-state index contributed by atoms with van der Waals surface area (Å²) in [5.41, 5.74) is 1.00. The van der Waals surface area contributed by atoms with Crippen molar-refractivity contribution in [3.63, 3.8) is 0 Å². The summed E-state index contributed by atoms with van der Waals surface area (Å²) in [6.07, 6.45) is 0. The largest absolute Gasteiger partial charge is 0.424 e. The molecule has 3 rings (SSSR count). The monoisotopic (exact) mass is 306 g/mol. The first-order valence-corrected chi connectivity index (χ1v) is 7.08. The van der Waals surface area contributed by atoms with Crippen molar-refractivity contribution in [1.82, 2.24) is 15.0 Å². The number of anilines is 1. The average molecular weight is 307 g/mol. The maximum Gasteiger partial charge on any atom is 0.328 e. The van der Waals surface area contributed by atoms with Crippen LogP contribution >= 0.6 is 11.6 Å². The van der Waals surface area contributed by atoms with E-state index in [2.05, 4.69) is 15.0 Å². The first-order valence-electron chi connectivity index (χ1n) is 6.70. The zero-order valence-electron chi connectivity index (χ0n) is 11.6. The lowest BCUT2D eigenvalue weighted by Crippen LogP contribution is -2.37. The van der Waals surface area contributed by atoms with Gasteiger partial charge in [-0.05, 0) is 30.2 Å². The van der Waals surface area contributed by atoms with E-state index < -0.39 is 0 Å². The maximum atomic E-state index is 5.98. The summed E-state index contributed by atoms with van der Waals surface area (Å²) in [4.78, 5) is 14.5. The van der Waals surface area contributed by atoms with Crippen molar-refractivity contribution in [3.8, 4) is 11.8 Å². The third kappa shape index (κ3) is 3.40. The molecule has 0 N–H and O–H groups in total. The fourth-order valence-corrected chi connectivity index (χ4v) is 2.19. The van der Waals surface area contributed by atoms with Gasteiger partial charge in [-0.15, -0.1) is 0 Å². The molecule has 7 heteroatoms. The summed E-state index contributed by atoms with van der Waals surface area (Å²) in [5.74, 6) is 1.22. The number of nitrogens with zero attached hydrogens (tertiary/aromatic N) is 4. The van der Waals surface area contributed by atoms with Crippen molar-refractivity contribution in [2.75, 3.05) is 31.2 Å². The van der Waals surface area contributed by atoms with Crippen LogP contribution in [-0.4, -0.2) is 41.3 Å². The number of hydrogen-bond acceptors (Lipinski definition) is 6. The van der Waals surface area contributed by atoms with E-state index in [1.807, 2.05) is 36.1 Å². The Morgan fingerprint density at radius 1 is 1.14 bits per heavy atom. The normalized spacial score (nSPS) is 15.0. The lowest BCUT2D eigenvalue weighted by molar-refractivity contribution is 0.122. The van der Waals surface area contributed by atoms with Crippen LogP contribution < -0.4 is 9.64 Å². The van der Waals surface area contributed by atoms with E-state index in [-0.39, 0.29) is 11.3 Å². The van der Waals surface area contributed by atoms with E-state index >= 15 is 0 Å². The van der Waals surface area contributed by atoms with Crippen LogP contribution in [0.3, 0.4) is 0 Å². The van der Waals surface area contributed by atoms with Gasteiger partial charge >= 0.3 is 6.01 Å². The van der Waals surface area contributed by atoms with Gasteiger partial charge in [-0.3, -0.25) is 0 Å². The highest BCUT2D eigenvalue weighted by Gasteiger charge is 2.17. The molecule has 0 unspecified atom stereocenters. The molecule has 0 saturated carbocycles. The molecule has 0 aliphatic carbocycles. The van der Waals surface area contributed by atoms with Crippen LogP contribution in [0.2, 0.25) is 5.28 Å². The van der Waals surface area contributed by atoms with Crippen LogP contribution in [0.25, 0.3) is 0 Å². The third-order valence-electron chi connectivity index (χ3n) is 3.16. The van der Waals surface area contributed by atoms with Gasteiger partial charge in [0.15, 0.2) is 0 Å². The number of hydrogen-bond donors (Lipinski definition) is 0. The molecule has 0 spiro atoms. The van der Waals surface area contributed by atoms with E-state index in [9.17, 15) is 0 Å². The van der Waals surface area contributed by atoms with E-state index in [1.54, 1.807) is 0 Å². The highest BCUT2D eigenvalue weighted by molar-refractivity contribution is 6.28. The molecule has 0 bridgehead atoms. The van der Waals surface area contributed by atoms with Crippen LogP contribution in [0.15, 0.2) is 24.3 Å². The number of ether oxygens (including phenoxy) is 2. The second-order valence-corrected chi connectivity index (χ2v) is 4.99. The van der Waals surface area contributed by atoms with Crippen molar-refractivity contribution in [1.29, 1.82) is 0 Å². The van der Waals surface area contributed by atoms with Crippen LogP contribution in [0, 0.1) is 6.92 Å². The Bertz CT molecular complexity index is 632. The van der Waals surface area contributed by atoms with Gasteiger partial charge in [0.2, 0.25) is 11.2 Å². The summed E-state index contributed by atoms with van der Waals surface area (Å²) in [7, 11) is 0. The fourth-order valence-electron chi connectivity index (χ4n) is 2.04. The van der Waals surface area contributed by atoms with Crippen molar-refractivity contribution in [2.24, 2.45) is 0 Å². The molecule has 21 heavy (non-hydrogen) atoms. The molecule has 1 saturated heterocycles. The van der Waals surface area contributed by atoms with Crippen molar-refractivity contribution in [3.05, 3.63) is 35.1 Å². The third-order valence-corrected chi connectivity index (χ3v) is 3.33. The smallest absolute Gasteiger partial charge is 0.328 e. The summed E-state index contributed by atoms with van der Waals surface area (Å²) >= 11 is 5.98. The summed E-state index contributed by atoms with van der Waals surface area (Å²) < 4.78 is 11.0. The van der Waals surface area contributed by atoms with Gasteiger partial charge in [0.1, 0.15) is 5.75 Å². The summed E-state index contributed by atoms with van der Waals surface area (Å²) in [5, 5.41) is 0.120. The van der Waals surface area contributed by atoms with Crippen LogP contribution in [-0.2, 0) is 4.74 Å². The molecule has 1 aliphatic rings. The second-order valence-electron chi connectivity index (χ2n) is 4.65. The Balaban J connectivity index is 1.85. The van der Waals surface area contributed by atoms with E-state index in [0.29, 0.717) is 24.9 Å². The minimum absolute atomic E-state index is 0.120. The molecular formula is C14H15ClN4O2. The predicted molar refractivity (Wildman–Crippen MR) is 79.1 cm³/mol. The van der Waals surface area contributed by atoms with E-state index in [1.165, 1.54) is 0 Å². The molecule has 0 radical (unpaired) electrons. The molecule has 2 heterocycles. The van der Waals surface area contributed by atoms with Crippen molar-refractivity contribution in [2.45, 2.75) is 6.92 Å². The zero-order chi connectivity index (χ0) is 14.7. The zero-order valence-corrected chi connectivity index (χ0v) is 12.4. The maximum absolute atomic E-state index is 5.98. The fraction of sp³-hybridized carbons (Fsp3) is 0.357. The molecular weight excluding hydrogens is 292 g/mol. The highest BCUT2D eigenvalue weighted by Crippen LogP contribution is 2.24. The average Bonchev–Trinajstić information content (AvgIpc) is 2.50. The molecule has 1 fully saturated rings. The number of morpholine rings is 1. The van der Waals surface area contributed by atoms with Crippen molar-refractivity contribution >= 4 is 17.5 Å². The Labute approximate surface area is 127 Å². The Morgan fingerprint density at radius 2 is 1.90 bits per heavy atom. The SMILES string of the molecule is Cc1ccccc1Oc1nc(Cl)nc(N2CCOCC2)n1.